The van der Waals surface area contributed by atoms with Crippen LogP contribution in [0.3, 0.4) is 0 Å². The molecule has 0 unspecified atom stereocenters. The molecule has 0 aliphatic carbocycles. The van der Waals surface area contributed by atoms with Gasteiger partial charge in [-0.2, -0.15) is 0 Å². The highest BCUT2D eigenvalue weighted by atomic mass is 16.6. The van der Waals surface area contributed by atoms with Crippen molar-refractivity contribution in [3.05, 3.63) is 17.7 Å². The summed E-state index contributed by atoms with van der Waals surface area (Å²) in [6.07, 6.45) is 3.64. The number of hydrogen-bond donors (Lipinski definition) is 0. The van der Waals surface area contributed by atoms with Gasteiger partial charge in [0.2, 0.25) is 0 Å². The summed E-state index contributed by atoms with van der Waals surface area (Å²) in [6, 6.07) is 4.37. The lowest BCUT2D eigenvalue weighted by molar-refractivity contribution is 0.171. The summed E-state index contributed by atoms with van der Waals surface area (Å²) in [4.78, 5) is 2.51. The maximum absolute atomic E-state index is 5.74. The van der Waals surface area contributed by atoms with Gasteiger partial charge in [-0.1, -0.05) is 0 Å². The predicted molar refractivity (Wildman–Crippen MR) is 77.5 cm³/mol. The molecule has 3 rings (SSSR count). The van der Waals surface area contributed by atoms with Crippen LogP contribution < -0.4 is 14.4 Å². The zero-order valence-electron chi connectivity index (χ0n) is 12.2. The van der Waals surface area contributed by atoms with Gasteiger partial charge in [0.05, 0.1) is 0 Å². The summed E-state index contributed by atoms with van der Waals surface area (Å²) in [5, 5.41) is 0. The Morgan fingerprint density at radius 2 is 1.68 bits per heavy atom. The molecule has 2 aliphatic rings. The average molecular weight is 261 g/mol. The molecule has 0 fully saturated rings. The second-order valence-electron chi connectivity index (χ2n) is 6.40. The maximum atomic E-state index is 5.74. The molecule has 19 heavy (non-hydrogen) atoms. The van der Waals surface area contributed by atoms with Crippen LogP contribution in [-0.4, -0.2) is 25.3 Å². The topological polar surface area (TPSA) is 21.7 Å². The first-order valence-electron chi connectivity index (χ1n) is 7.26. The van der Waals surface area contributed by atoms with Gasteiger partial charge in [0.25, 0.3) is 0 Å². The third-order valence-electron chi connectivity index (χ3n) is 3.92. The summed E-state index contributed by atoms with van der Waals surface area (Å²) in [5.41, 5.74) is 2.87. The Morgan fingerprint density at radius 3 is 2.37 bits per heavy atom. The fraction of sp³-hybridized carbons (Fsp3) is 0.625. The predicted octanol–water partition coefficient (Wildman–Crippen LogP) is 3.40. The molecule has 2 heterocycles. The highest BCUT2D eigenvalue weighted by Gasteiger charge is 2.27. The molecule has 0 atom stereocenters. The second-order valence-corrected chi connectivity index (χ2v) is 6.40. The number of fused-ring (bicyclic) bond motifs is 2. The van der Waals surface area contributed by atoms with E-state index in [4.69, 9.17) is 9.47 Å². The maximum Gasteiger partial charge on any atom is 0.163 e. The zero-order chi connectivity index (χ0) is 13.5. The van der Waals surface area contributed by atoms with Crippen LogP contribution in [0.1, 0.15) is 39.2 Å². The molecule has 0 saturated carbocycles. The van der Waals surface area contributed by atoms with Gasteiger partial charge in [0, 0.05) is 23.8 Å². The van der Waals surface area contributed by atoms with E-state index in [0.29, 0.717) is 13.2 Å². The van der Waals surface area contributed by atoms with Crippen LogP contribution in [0.5, 0.6) is 11.5 Å². The van der Waals surface area contributed by atoms with Crippen LogP contribution in [0.15, 0.2) is 12.1 Å². The molecule has 3 heteroatoms. The quantitative estimate of drug-likeness (QED) is 0.714. The summed E-state index contributed by atoms with van der Waals surface area (Å²) in [6.45, 7) is 9.27. The Kier molecular flexibility index (Phi) is 3.08. The van der Waals surface area contributed by atoms with Crippen molar-refractivity contribution in [2.24, 2.45) is 0 Å². The number of hydrogen-bond acceptors (Lipinski definition) is 3. The van der Waals surface area contributed by atoms with E-state index >= 15 is 0 Å². The van der Waals surface area contributed by atoms with Gasteiger partial charge in [-0.3, -0.25) is 0 Å². The van der Waals surface area contributed by atoms with E-state index in [1.807, 2.05) is 0 Å². The van der Waals surface area contributed by atoms with Crippen molar-refractivity contribution in [3.8, 4) is 11.5 Å². The van der Waals surface area contributed by atoms with E-state index in [0.717, 1.165) is 24.5 Å². The summed E-state index contributed by atoms with van der Waals surface area (Å²) in [5.74, 6) is 1.82. The van der Waals surface area contributed by atoms with Crippen molar-refractivity contribution >= 4 is 5.69 Å². The van der Waals surface area contributed by atoms with Crippen molar-refractivity contribution in [3.63, 3.8) is 0 Å². The molecule has 0 aromatic heterocycles. The number of aryl methyl sites for hydroxylation is 1. The highest BCUT2D eigenvalue weighted by molar-refractivity contribution is 5.64. The summed E-state index contributed by atoms with van der Waals surface area (Å²) in [7, 11) is 0. The van der Waals surface area contributed by atoms with Crippen LogP contribution in [0.25, 0.3) is 0 Å². The molecule has 3 nitrogen and oxygen atoms in total. The SMILES string of the molecule is CC(C)(C)N1CCCCc2cc3c(cc21)OCCO3. The fourth-order valence-electron chi connectivity index (χ4n) is 2.97. The molecule has 0 spiro atoms. The van der Waals surface area contributed by atoms with Crippen molar-refractivity contribution in [1.29, 1.82) is 0 Å². The molecule has 0 amide bonds. The standard InChI is InChI=1S/C16H23NO2/c1-16(2,3)17-7-5-4-6-12-10-14-15(11-13(12)17)19-9-8-18-14/h10-11H,4-9H2,1-3H3. The molecule has 0 saturated heterocycles. The fourth-order valence-corrected chi connectivity index (χ4v) is 2.97. The first-order chi connectivity index (χ1) is 9.05. The van der Waals surface area contributed by atoms with E-state index < -0.39 is 0 Å². The number of ether oxygens (including phenoxy) is 2. The van der Waals surface area contributed by atoms with Gasteiger partial charge in [-0.25, -0.2) is 0 Å². The van der Waals surface area contributed by atoms with Crippen LogP contribution in [0.2, 0.25) is 0 Å². The number of nitrogens with zero attached hydrogens (tertiary/aromatic N) is 1. The molecule has 0 bridgehead atoms. The largest absolute Gasteiger partial charge is 0.486 e. The highest BCUT2D eigenvalue weighted by Crippen LogP contribution is 2.40. The number of anilines is 1. The van der Waals surface area contributed by atoms with Gasteiger partial charge in [0.1, 0.15) is 13.2 Å². The Hall–Kier alpha value is -1.38. The number of rotatable bonds is 0. The van der Waals surface area contributed by atoms with Gasteiger partial charge in [0.15, 0.2) is 11.5 Å². The third-order valence-corrected chi connectivity index (χ3v) is 3.92. The molecule has 0 radical (unpaired) electrons. The lowest BCUT2D eigenvalue weighted by atomic mass is 10.0. The molecule has 104 valence electrons. The normalized spacial score (nSPS) is 18.8. The van der Waals surface area contributed by atoms with Crippen molar-refractivity contribution in [2.75, 3.05) is 24.7 Å². The molecular formula is C16H23NO2. The van der Waals surface area contributed by atoms with Gasteiger partial charge >= 0.3 is 0 Å². The lowest BCUT2D eigenvalue weighted by Crippen LogP contribution is -2.42. The van der Waals surface area contributed by atoms with E-state index in [2.05, 4.69) is 37.8 Å². The minimum atomic E-state index is 0.142. The molecular weight excluding hydrogens is 238 g/mol. The van der Waals surface area contributed by atoms with Crippen molar-refractivity contribution in [1.82, 2.24) is 0 Å². The summed E-state index contributed by atoms with van der Waals surface area (Å²) < 4.78 is 11.4. The van der Waals surface area contributed by atoms with Crippen LogP contribution in [-0.2, 0) is 6.42 Å². The Morgan fingerprint density at radius 1 is 1.00 bits per heavy atom. The van der Waals surface area contributed by atoms with Crippen molar-refractivity contribution in [2.45, 2.75) is 45.6 Å². The van der Waals surface area contributed by atoms with E-state index in [-0.39, 0.29) is 5.54 Å². The van der Waals surface area contributed by atoms with Crippen LogP contribution in [0, 0.1) is 0 Å². The second kappa shape index (κ2) is 4.62. The van der Waals surface area contributed by atoms with Crippen LogP contribution in [0.4, 0.5) is 5.69 Å². The van der Waals surface area contributed by atoms with E-state index in [1.165, 1.54) is 24.1 Å². The summed E-state index contributed by atoms with van der Waals surface area (Å²) >= 11 is 0. The Bertz CT molecular complexity index is 476. The Balaban J connectivity index is 2.07. The van der Waals surface area contributed by atoms with Gasteiger partial charge in [-0.05, 0) is 51.7 Å². The molecule has 1 aromatic carbocycles. The van der Waals surface area contributed by atoms with E-state index in [1.54, 1.807) is 0 Å². The lowest BCUT2D eigenvalue weighted by Gasteiger charge is -2.38. The first kappa shape index (κ1) is 12.6. The first-order valence-corrected chi connectivity index (χ1v) is 7.26. The molecule has 0 N–H and O–H groups in total. The zero-order valence-corrected chi connectivity index (χ0v) is 12.2. The minimum absolute atomic E-state index is 0.142. The van der Waals surface area contributed by atoms with Gasteiger partial charge < -0.3 is 14.4 Å². The van der Waals surface area contributed by atoms with Gasteiger partial charge in [-0.15, -0.1) is 0 Å². The van der Waals surface area contributed by atoms with Crippen molar-refractivity contribution < 1.29 is 9.47 Å². The monoisotopic (exact) mass is 261 g/mol. The van der Waals surface area contributed by atoms with E-state index in [9.17, 15) is 0 Å². The Labute approximate surface area is 115 Å². The number of benzene rings is 1. The molecule has 2 aliphatic heterocycles. The minimum Gasteiger partial charge on any atom is -0.486 e. The smallest absolute Gasteiger partial charge is 0.163 e. The molecule has 1 aromatic rings. The van der Waals surface area contributed by atoms with Crippen LogP contribution >= 0.6 is 0 Å². The third kappa shape index (κ3) is 2.38. The average Bonchev–Trinajstić information content (AvgIpc) is 2.57.